The molecule has 1 saturated heterocycles. The molecule has 0 aliphatic carbocycles. The molecule has 0 bridgehead atoms. The molecule has 2 amide bonds. The van der Waals surface area contributed by atoms with E-state index < -0.39 is 11.7 Å². The third-order valence-corrected chi connectivity index (χ3v) is 5.57. The van der Waals surface area contributed by atoms with E-state index in [4.69, 9.17) is 4.52 Å². The van der Waals surface area contributed by atoms with Gasteiger partial charge in [0.2, 0.25) is 17.6 Å². The van der Waals surface area contributed by atoms with Crippen LogP contribution in [0.1, 0.15) is 34.7 Å². The Hall–Kier alpha value is -3.69. The summed E-state index contributed by atoms with van der Waals surface area (Å²) in [5.41, 5.74) is 0.588. The molecule has 10 heteroatoms. The number of hydrogen-bond acceptors (Lipinski definition) is 5. The van der Waals surface area contributed by atoms with Crippen molar-refractivity contribution in [2.75, 3.05) is 18.4 Å². The number of rotatable bonds is 4. The Morgan fingerprint density at radius 1 is 1.06 bits per heavy atom. The highest BCUT2D eigenvalue weighted by Gasteiger charge is 2.31. The Kier molecular flexibility index (Phi) is 6.17. The second-order valence-electron chi connectivity index (χ2n) is 7.81. The van der Waals surface area contributed by atoms with Crippen molar-refractivity contribution in [1.82, 2.24) is 15.0 Å². The summed E-state index contributed by atoms with van der Waals surface area (Å²) < 4.78 is 43.2. The van der Waals surface area contributed by atoms with E-state index in [0.29, 0.717) is 48.9 Å². The lowest BCUT2D eigenvalue weighted by atomic mass is 9.95. The summed E-state index contributed by atoms with van der Waals surface area (Å²) in [6, 6.07) is 11.3. The Bertz CT molecular complexity index is 1150. The predicted octanol–water partition coefficient (Wildman–Crippen LogP) is 4.55. The first-order valence-electron chi connectivity index (χ1n) is 10.4. The molecule has 0 radical (unpaired) electrons. The lowest BCUT2D eigenvalue weighted by molar-refractivity contribution is -0.137. The number of aromatic nitrogens is 2. The fraction of sp³-hybridized carbons (Fsp3) is 0.304. The van der Waals surface area contributed by atoms with Gasteiger partial charge in [-0.2, -0.15) is 18.2 Å². The highest BCUT2D eigenvalue weighted by molar-refractivity contribution is 5.97. The molecule has 1 aliphatic rings. The van der Waals surface area contributed by atoms with E-state index in [1.165, 1.54) is 12.1 Å². The predicted molar refractivity (Wildman–Crippen MR) is 113 cm³/mol. The summed E-state index contributed by atoms with van der Waals surface area (Å²) in [6.45, 7) is 2.35. The largest absolute Gasteiger partial charge is 0.416 e. The van der Waals surface area contributed by atoms with Gasteiger partial charge >= 0.3 is 6.18 Å². The maximum atomic E-state index is 12.8. The lowest BCUT2D eigenvalue weighted by Gasteiger charge is -2.31. The van der Waals surface area contributed by atoms with Gasteiger partial charge in [-0.15, -0.1) is 0 Å². The molecular weight excluding hydrogens is 437 g/mol. The number of carbonyl (C=O) groups is 2. The fourth-order valence-corrected chi connectivity index (χ4v) is 3.76. The number of carbonyl (C=O) groups excluding carboxylic acids is 2. The van der Waals surface area contributed by atoms with E-state index in [1.54, 1.807) is 30.0 Å². The molecule has 1 fully saturated rings. The molecule has 1 aliphatic heterocycles. The van der Waals surface area contributed by atoms with Gasteiger partial charge in [-0.3, -0.25) is 9.59 Å². The maximum Gasteiger partial charge on any atom is 0.416 e. The van der Waals surface area contributed by atoms with Crippen molar-refractivity contribution < 1.29 is 27.3 Å². The number of benzene rings is 2. The second kappa shape index (κ2) is 9.05. The zero-order valence-corrected chi connectivity index (χ0v) is 17.7. The Labute approximate surface area is 187 Å². The van der Waals surface area contributed by atoms with Crippen LogP contribution in [0.2, 0.25) is 0 Å². The topological polar surface area (TPSA) is 88.3 Å². The number of nitrogens with zero attached hydrogens (tertiary/aromatic N) is 3. The monoisotopic (exact) mass is 458 g/mol. The van der Waals surface area contributed by atoms with Crippen LogP contribution < -0.4 is 5.32 Å². The Balaban J connectivity index is 1.37. The van der Waals surface area contributed by atoms with Gasteiger partial charge in [0.15, 0.2) is 0 Å². The van der Waals surface area contributed by atoms with E-state index in [-0.39, 0.29) is 23.3 Å². The van der Waals surface area contributed by atoms with Crippen LogP contribution >= 0.6 is 0 Å². The minimum absolute atomic E-state index is 0.177. The van der Waals surface area contributed by atoms with Crippen molar-refractivity contribution in [2.45, 2.75) is 25.9 Å². The SMILES string of the molecule is Cc1nc(-c2ccccc2NC(=O)C2CCN(C(=O)c3ccc(C(F)(F)F)cc3)CC2)no1. The van der Waals surface area contributed by atoms with E-state index in [9.17, 15) is 22.8 Å². The number of alkyl halides is 3. The van der Waals surface area contributed by atoms with Crippen molar-refractivity contribution in [2.24, 2.45) is 5.92 Å². The van der Waals surface area contributed by atoms with E-state index >= 15 is 0 Å². The zero-order chi connectivity index (χ0) is 23.6. The van der Waals surface area contributed by atoms with Crippen LogP contribution in [0.3, 0.4) is 0 Å². The first-order chi connectivity index (χ1) is 15.7. The normalized spacial score (nSPS) is 14.8. The quantitative estimate of drug-likeness (QED) is 0.620. The number of piperidine rings is 1. The maximum absolute atomic E-state index is 12.8. The number of nitrogens with one attached hydrogen (secondary N) is 1. The van der Waals surface area contributed by atoms with Crippen LogP contribution in [0.5, 0.6) is 0 Å². The lowest BCUT2D eigenvalue weighted by Crippen LogP contribution is -2.41. The minimum Gasteiger partial charge on any atom is -0.339 e. The first-order valence-corrected chi connectivity index (χ1v) is 10.4. The Morgan fingerprint density at radius 3 is 2.33 bits per heavy atom. The van der Waals surface area contributed by atoms with Gasteiger partial charge in [0.25, 0.3) is 5.91 Å². The molecule has 1 N–H and O–H groups in total. The number of hydrogen-bond donors (Lipinski definition) is 1. The summed E-state index contributed by atoms with van der Waals surface area (Å²) in [4.78, 5) is 31.3. The average molecular weight is 458 g/mol. The van der Waals surface area contributed by atoms with E-state index in [1.807, 2.05) is 6.07 Å². The number of likely N-dealkylation sites (tertiary alicyclic amines) is 1. The summed E-state index contributed by atoms with van der Waals surface area (Å²) in [7, 11) is 0. The summed E-state index contributed by atoms with van der Waals surface area (Å²) in [5, 5.41) is 6.81. The van der Waals surface area contributed by atoms with E-state index in [2.05, 4.69) is 15.5 Å². The summed E-state index contributed by atoms with van der Waals surface area (Å²) >= 11 is 0. The highest BCUT2D eigenvalue weighted by atomic mass is 19.4. The van der Waals surface area contributed by atoms with Crippen LogP contribution in [0, 0.1) is 12.8 Å². The highest BCUT2D eigenvalue weighted by Crippen LogP contribution is 2.30. The van der Waals surface area contributed by atoms with Crippen molar-refractivity contribution in [3.8, 4) is 11.4 Å². The van der Waals surface area contributed by atoms with Crippen LogP contribution in [-0.4, -0.2) is 39.9 Å². The molecule has 172 valence electrons. The third kappa shape index (κ3) is 5.05. The molecular formula is C23H21F3N4O3. The van der Waals surface area contributed by atoms with Gasteiger partial charge in [-0.05, 0) is 49.2 Å². The third-order valence-electron chi connectivity index (χ3n) is 5.57. The summed E-state index contributed by atoms with van der Waals surface area (Å²) in [5.74, 6) is -0.0389. The van der Waals surface area contributed by atoms with Crippen LogP contribution in [-0.2, 0) is 11.0 Å². The number of amides is 2. The molecule has 0 atom stereocenters. The second-order valence-corrected chi connectivity index (χ2v) is 7.81. The number of aryl methyl sites for hydroxylation is 1. The molecule has 3 aromatic rings. The molecule has 33 heavy (non-hydrogen) atoms. The molecule has 0 unspecified atom stereocenters. The molecule has 2 heterocycles. The summed E-state index contributed by atoms with van der Waals surface area (Å²) in [6.07, 6.45) is -3.56. The molecule has 4 rings (SSSR count). The smallest absolute Gasteiger partial charge is 0.339 e. The van der Waals surface area contributed by atoms with Crippen LogP contribution in [0.15, 0.2) is 53.1 Å². The van der Waals surface area contributed by atoms with Crippen molar-refractivity contribution >= 4 is 17.5 Å². The first kappa shape index (κ1) is 22.5. The fourth-order valence-electron chi connectivity index (χ4n) is 3.76. The van der Waals surface area contributed by atoms with E-state index in [0.717, 1.165) is 12.1 Å². The molecule has 7 nitrogen and oxygen atoms in total. The van der Waals surface area contributed by atoms with Crippen molar-refractivity contribution in [1.29, 1.82) is 0 Å². The Morgan fingerprint density at radius 2 is 1.73 bits per heavy atom. The molecule has 1 aromatic heterocycles. The van der Waals surface area contributed by atoms with Crippen molar-refractivity contribution in [3.63, 3.8) is 0 Å². The van der Waals surface area contributed by atoms with Gasteiger partial charge in [0.05, 0.1) is 11.3 Å². The number of halogens is 3. The van der Waals surface area contributed by atoms with Gasteiger partial charge in [-0.1, -0.05) is 17.3 Å². The van der Waals surface area contributed by atoms with Gasteiger partial charge in [0.1, 0.15) is 0 Å². The minimum atomic E-state index is -4.45. The van der Waals surface area contributed by atoms with Gasteiger partial charge in [0, 0.05) is 37.1 Å². The van der Waals surface area contributed by atoms with Crippen LogP contribution in [0.25, 0.3) is 11.4 Å². The van der Waals surface area contributed by atoms with Gasteiger partial charge in [-0.25, -0.2) is 0 Å². The van der Waals surface area contributed by atoms with Gasteiger partial charge < -0.3 is 14.7 Å². The molecule has 2 aromatic carbocycles. The van der Waals surface area contributed by atoms with Crippen molar-refractivity contribution in [3.05, 3.63) is 65.5 Å². The zero-order valence-electron chi connectivity index (χ0n) is 17.7. The molecule has 0 spiro atoms. The number of para-hydroxylation sites is 1. The average Bonchev–Trinajstić information content (AvgIpc) is 3.24. The number of anilines is 1. The van der Waals surface area contributed by atoms with Crippen LogP contribution in [0.4, 0.5) is 18.9 Å². The molecule has 0 saturated carbocycles. The standard InChI is InChI=1S/C23H21F3N4O3/c1-14-27-20(29-33-14)18-4-2-3-5-19(18)28-21(31)15-10-12-30(13-11-15)22(32)16-6-8-17(9-7-16)23(24,25)26/h2-9,15H,10-13H2,1H3,(H,28,31).